The summed E-state index contributed by atoms with van der Waals surface area (Å²) in [7, 11) is -10.2. The van der Waals surface area contributed by atoms with Gasteiger partial charge in [-0.2, -0.15) is 16.8 Å². The molecule has 84 valence electrons. The molecule has 0 aromatic heterocycles. The lowest BCUT2D eigenvalue weighted by atomic mass is 10.3. The molecular weight excluding hydrogens is 246 g/mol. The first-order valence-electron chi connectivity index (χ1n) is 3.53. The van der Waals surface area contributed by atoms with Crippen LogP contribution in [0.4, 0.5) is 5.69 Å². The predicted octanol–water partition coefficient (Wildman–Crippen LogP) is 0.0986. The molecule has 1 aromatic carbocycles. The molecule has 0 aliphatic carbocycles. The average molecular weight is 253 g/mol. The number of hydrogen-bond donors (Lipinski definition) is 2. The van der Waals surface area contributed by atoms with E-state index in [4.69, 9.17) is 9.11 Å². The lowest BCUT2D eigenvalue weighted by Gasteiger charge is -2.15. The van der Waals surface area contributed by atoms with Gasteiger partial charge >= 0.3 is 20.6 Å². The molecule has 7 nitrogen and oxygen atoms in total. The number of rotatable bonds is 3. The van der Waals surface area contributed by atoms with Crippen molar-refractivity contribution in [1.29, 1.82) is 0 Å². The van der Waals surface area contributed by atoms with Crippen molar-refractivity contribution >= 4 is 26.3 Å². The minimum atomic E-state index is -5.08. The third kappa shape index (κ3) is 2.89. The van der Waals surface area contributed by atoms with Crippen LogP contribution in [-0.2, 0) is 20.6 Å². The number of hydrogen-bond acceptors (Lipinski definition) is 4. The Morgan fingerprint density at radius 3 is 1.60 bits per heavy atom. The van der Waals surface area contributed by atoms with E-state index >= 15 is 0 Å². The highest BCUT2D eigenvalue weighted by atomic mass is 32.3. The molecule has 0 bridgehead atoms. The Morgan fingerprint density at radius 2 is 1.27 bits per heavy atom. The highest BCUT2D eigenvalue weighted by molar-refractivity contribution is 8.05. The highest BCUT2D eigenvalue weighted by Gasteiger charge is 2.30. The van der Waals surface area contributed by atoms with Crippen molar-refractivity contribution in [3.63, 3.8) is 0 Å². The van der Waals surface area contributed by atoms with E-state index in [2.05, 4.69) is 0 Å². The molecular formula is C6H7NO6S2. The van der Waals surface area contributed by atoms with Crippen LogP contribution in [0.15, 0.2) is 30.3 Å². The second-order valence-electron chi connectivity index (χ2n) is 2.49. The fourth-order valence-corrected chi connectivity index (χ4v) is 2.66. The van der Waals surface area contributed by atoms with Crippen LogP contribution < -0.4 is 3.71 Å². The quantitative estimate of drug-likeness (QED) is 0.739. The van der Waals surface area contributed by atoms with Gasteiger partial charge in [-0.15, -0.1) is 3.71 Å². The van der Waals surface area contributed by atoms with E-state index in [0.717, 1.165) is 12.1 Å². The van der Waals surface area contributed by atoms with Crippen molar-refractivity contribution in [2.24, 2.45) is 0 Å². The predicted molar refractivity (Wildman–Crippen MR) is 52.0 cm³/mol. The SMILES string of the molecule is O=S(=O)(O)N(c1ccccc1)S(=O)(=O)O. The summed E-state index contributed by atoms with van der Waals surface area (Å²) in [6.07, 6.45) is 0. The first kappa shape index (κ1) is 11.9. The van der Waals surface area contributed by atoms with Crippen LogP contribution in [0.2, 0.25) is 0 Å². The summed E-state index contributed by atoms with van der Waals surface area (Å²) in [4.78, 5) is 0. The van der Waals surface area contributed by atoms with Crippen molar-refractivity contribution in [1.82, 2.24) is 0 Å². The van der Waals surface area contributed by atoms with E-state index in [1.165, 1.54) is 18.2 Å². The van der Waals surface area contributed by atoms with E-state index < -0.39 is 24.3 Å². The van der Waals surface area contributed by atoms with Gasteiger partial charge in [-0.05, 0) is 12.1 Å². The Labute approximate surface area is 86.7 Å². The summed E-state index contributed by atoms with van der Waals surface area (Å²) >= 11 is 0. The van der Waals surface area contributed by atoms with Crippen LogP contribution in [-0.4, -0.2) is 25.9 Å². The van der Waals surface area contributed by atoms with Crippen molar-refractivity contribution in [3.05, 3.63) is 30.3 Å². The van der Waals surface area contributed by atoms with Gasteiger partial charge in [0.2, 0.25) is 0 Å². The topological polar surface area (TPSA) is 112 Å². The maximum Gasteiger partial charge on any atom is 0.375 e. The van der Waals surface area contributed by atoms with Gasteiger partial charge in [-0.3, -0.25) is 9.11 Å². The van der Waals surface area contributed by atoms with Crippen molar-refractivity contribution in [2.45, 2.75) is 0 Å². The maximum atomic E-state index is 10.7. The normalized spacial score (nSPS) is 12.4. The van der Waals surface area contributed by atoms with E-state index in [9.17, 15) is 16.8 Å². The van der Waals surface area contributed by atoms with E-state index in [-0.39, 0.29) is 5.69 Å². The molecule has 1 aromatic rings. The third-order valence-corrected chi connectivity index (χ3v) is 3.78. The van der Waals surface area contributed by atoms with E-state index in [1.807, 2.05) is 0 Å². The molecule has 0 spiro atoms. The van der Waals surface area contributed by atoms with Gasteiger partial charge in [-0.25, -0.2) is 0 Å². The van der Waals surface area contributed by atoms with Gasteiger partial charge in [0, 0.05) is 0 Å². The van der Waals surface area contributed by atoms with E-state index in [1.54, 1.807) is 0 Å². The van der Waals surface area contributed by atoms with Crippen LogP contribution >= 0.6 is 0 Å². The molecule has 0 fully saturated rings. The van der Waals surface area contributed by atoms with Crippen LogP contribution in [0.5, 0.6) is 0 Å². The van der Waals surface area contributed by atoms with Crippen molar-refractivity contribution in [3.8, 4) is 0 Å². The average Bonchev–Trinajstić information content (AvgIpc) is 2.00. The zero-order valence-corrected chi connectivity index (χ0v) is 8.81. The van der Waals surface area contributed by atoms with Gasteiger partial charge in [0.1, 0.15) is 0 Å². The molecule has 2 N–H and O–H groups in total. The van der Waals surface area contributed by atoms with E-state index in [0.29, 0.717) is 0 Å². The molecule has 0 unspecified atom stereocenters. The summed E-state index contributed by atoms with van der Waals surface area (Å²) < 4.78 is 59.6. The monoisotopic (exact) mass is 253 g/mol. The Hall–Kier alpha value is -1.16. The molecule has 0 heterocycles. The molecule has 0 atom stereocenters. The first-order chi connectivity index (χ1) is 6.73. The molecule has 0 radical (unpaired) electrons. The molecule has 1 rings (SSSR count). The molecule has 15 heavy (non-hydrogen) atoms. The van der Waals surface area contributed by atoms with Crippen molar-refractivity contribution in [2.75, 3.05) is 3.71 Å². The summed E-state index contributed by atoms with van der Waals surface area (Å²) in [5.74, 6) is 0. The van der Waals surface area contributed by atoms with Crippen LogP contribution in [0, 0.1) is 0 Å². The van der Waals surface area contributed by atoms with Crippen molar-refractivity contribution < 1.29 is 25.9 Å². The van der Waals surface area contributed by atoms with Gasteiger partial charge in [0.25, 0.3) is 0 Å². The minimum Gasteiger partial charge on any atom is -0.268 e. The Morgan fingerprint density at radius 1 is 0.867 bits per heavy atom. The number of nitrogens with zero attached hydrogens (tertiary/aromatic N) is 1. The van der Waals surface area contributed by atoms with Crippen LogP contribution in [0.3, 0.4) is 0 Å². The summed E-state index contributed by atoms with van der Waals surface area (Å²) in [6, 6.07) is 6.40. The van der Waals surface area contributed by atoms with Gasteiger partial charge < -0.3 is 0 Å². The molecule has 0 saturated carbocycles. The number of benzene rings is 1. The lowest BCUT2D eigenvalue weighted by molar-refractivity contribution is 0.466. The lowest BCUT2D eigenvalue weighted by Crippen LogP contribution is -2.35. The zero-order chi connectivity index (χ0) is 11.7. The molecule has 0 saturated heterocycles. The fourth-order valence-electron chi connectivity index (χ4n) is 0.935. The van der Waals surface area contributed by atoms with Crippen LogP contribution in [0.25, 0.3) is 0 Å². The van der Waals surface area contributed by atoms with Gasteiger partial charge in [-0.1, -0.05) is 18.2 Å². The Balaban J connectivity index is 3.41. The fraction of sp³-hybridized carbons (Fsp3) is 0. The standard InChI is InChI=1S/C6H7NO6S2/c8-14(9,10)7(15(11,12)13)6-4-2-1-3-5-6/h1-5H,(H,8,9,10)(H,11,12,13). The second kappa shape index (κ2) is 3.77. The van der Waals surface area contributed by atoms with Crippen LogP contribution in [0.1, 0.15) is 0 Å². The summed E-state index contributed by atoms with van der Waals surface area (Å²) in [5.41, 5.74) is -0.387. The largest absolute Gasteiger partial charge is 0.375 e. The summed E-state index contributed by atoms with van der Waals surface area (Å²) in [5, 5.41) is 0. The third-order valence-electron chi connectivity index (χ3n) is 1.39. The molecule has 0 amide bonds. The number of para-hydroxylation sites is 1. The molecule has 9 heteroatoms. The Bertz CT molecular complexity index is 502. The second-order valence-corrected chi connectivity index (χ2v) is 5.24. The first-order valence-corrected chi connectivity index (χ1v) is 6.33. The smallest absolute Gasteiger partial charge is 0.268 e. The zero-order valence-electron chi connectivity index (χ0n) is 7.18. The Kier molecular flexibility index (Phi) is 3.00. The van der Waals surface area contributed by atoms with Gasteiger partial charge in [0.05, 0.1) is 5.69 Å². The maximum absolute atomic E-state index is 10.7. The minimum absolute atomic E-state index is 0.387. The highest BCUT2D eigenvalue weighted by Crippen LogP contribution is 2.19. The molecule has 0 aliphatic rings. The number of anilines is 1. The molecule has 0 aliphatic heterocycles. The summed E-state index contributed by atoms with van der Waals surface area (Å²) in [6.45, 7) is 0. The van der Waals surface area contributed by atoms with Gasteiger partial charge in [0.15, 0.2) is 0 Å².